The number of hydrogen-bond acceptors (Lipinski definition) is 1. The van der Waals surface area contributed by atoms with Gasteiger partial charge in [0.2, 0.25) is 0 Å². The minimum atomic E-state index is 0.0135. The van der Waals surface area contributed by atoms with Gasteiger partial charge in [-0.1, -0.05) is 37.3 Å². The number of terminal acetylenes is 1. The zero-order valence-electron chi connectivity index (χ0n) is 9.07. The lowest BCUT2D eigenvalue weighted by Crippen LogP contribution is -2.11. The molecule has 1 aromatic carbocycles. The highest BCUT2D eigenvalue weighted by atomic mass is 16.1. The van der Waals surface area contributed by atoms with E-state index < -0.39 is 0 Å². The molecule has 0 N–H and O–H groups in total. The number of benzene rings is 1. The molecule has 0 aliphatic rings. The van der Waals surface area contributed by atoms with E-state index in [2.05, 4.69) is 5.92 Å². The average molecular weight is 200 g/mol. The molecule has 1 atom stereocenters. The highest BCUT2D eigenvalue weighted by Gasteiger charge is 2.16. The van der Waals surface area contributed by atoms with E-state index in [0.29, 0.717) is 12.8 Å². The van der Waals surface area contributed by atoms with Crippen molar-refractivity contribution in [2.24, 2.45) is 0 Å². The first-order valence-corrected chi connectivity index (χ1v) is 5.30. The van der Waals surface area contributed by atoms with Crippen LogP contribution in [0.2, 0.25) is 0 Å². The van der Waals surface area contributed by atoms with Gasteiger partial charge in [-0.15, -0.1) is 12.3 Å². The summed E-state index contributed by atoms with van der Waals surface area (Å²) in [6, 6.07) is 9.89. The van der Waals surface area contributed by atoms with Crippen molar-refractivity contribution >= 4 is 5.78 Å². The van der Waals surface area contributed by atoms with Gasteiger partial charge in [0.1, 0.15) is 5.78 Å². The Morgan fingerprint density at radius 3 is 2.60 bits per heavy atom. The van der Waals surface area contributed by atoms with E-state index in [1.807, 2.05) is 37.3 Å². The van der Waals surface area contributed by atoms with Gasteiger partial charge in [-0.05, 0) is 12.0 Å². The molecule has 0 saturated heterocycles. The lowest BCUT2D eigenvalue weighted by atomic mass is 9.90. The molecule has 0 fully saturated rings. The molecule has 1 heteroatoms. The maximum Gasteiger partial charge on any atom is 0.141 e. The molecule has 1 aromatic rings. The molecule has 0 bridgehead atoms. The Bertz CT molecular complexity index is 345. The van der Waals surface area contributed by atoms with Crippen LogP contribution in [0, 0.1) is 12.3 Å². The number of carbonyl (C=O) groups excluding carboxylic acids is 1. The van der Waals surface area contributed by atoms with Crippen LogP contribution in [0.3, 0.4) is 0 Å². The van der Waals surface area contributed by atoms with E-state index in [-0.39, 0.29) is 11.7 Å². The topological polar surface area (TPSA) is 17.1 Å². The molecule has 0 radical (unpaired) electrons. The summed E-state index contributed by atoms with van der Waals surface area (Å²) in [5.74, 6) is 2.77. The number of hydrogen-bond donors (Lipinski definition) is 0. The second-order valence-corrected chi connectivity index (χ2v) is 3.54. The van der Waals surface area contributed by atoms with Crippen molar-refractivity contribution in [3.63, 3.8) is 0 Å². The zero-order chi connectivity index (χ0) is 11.1. The smallest absolute Gasteiger partial charge is 0.141 e. The molecule has 0 aliphatic carbocycles. The van der Waals surface area contributed by atoms with E-state index in [1.54, 1.807) is 0 Å². The number of rotatable bonds is 5. The molecule has 0 amide bonds. The van der Waals surface area contributed by atoms with Crippen LogP contribution in [0.15, 0.2) is 30.3 Å². The van der Waals surface area contributed by atoms with Gasteiger partial charge >= 0.3 is 0 Å². The first kappa shape index (κ1) is 11.5. The van der Waals surface area contributed by atoms with Crippen LogP contribution in [-0.4, -0.2) is 5.78 Å². The Balaban J connectivity index is 2.72. The molecule has 0 heterocycles. The third-order valence-electron chi connectivity index (χ3n) is 2.51. The van der Waals surface area contributed by atoms with Gasteiger partial charge in [0.05, 0.1) is 0 Å². The number of carbonyl (C=O) groups is 1. The summed E-state index contributed by atoms with van der Waals surface area (Å²) in [5.41, 5.74) is 1.10. The van der Waals surface area contributed by atoms with Gasteiger partial charge < -0.3 is 0 Å². The maximum absolute atomic E-state index is 11.8. The Morgan fingerprint density at radius 1 is 1.40 bits per heavy atom. The fourth-order valence-corrected chi connectivity index (χ4v) is 1.70. The highest BCUT2D eigenvalue weighted by molar-refractivity contribution is 5.85. The lowest BCUT2D eigenvalue weighted by molar-refractivity contribution is -0.120. The first-order valence-electron chi connectivity index (χ1n) is 5.30. The van der Waals surface area contributed by atoms with Crippen LogP contribution >= 0.6 is 0 Å². The first-order chi connectivity index (χ1) is 7.29. The van der Waals surface area contributed by atoms with Gasteiger partial charge in [0, 0.05) is 18.8 Å². The third-order valence-corrected chi connectivity index (χ3v) is 2.51. The summed E-state index contributed by atoms with van der Waals surface area (Å²) in [6.45, 7) is 2.03. The standard InChI is InChI=1S/C14H16O/c1-3-5-11-14(15)13(4-2)12-9-7-6-8-10-12/h1,6-10,13H,4-5,11H2,2H3. The van der Waals surface area contributed by atoms with E-state index in [0.717, 1.165) is 12.0 Å². The van der Waals surface area contributed by atoms with Gasteiger partial charge in [-0.2, -0.15) is 0 Å². The van der Waals surface area contributed by atoms with Crippen LogP contribution < -0.4 is 0 Å². The summed E-state index contributed by atoms with van der Waals surface area (Å²) in [4.78, 5) is 11.8. The molecule has 1 rings (SSSR count). The van der Waals surface area contributed by atoms with Crippen molar-refractivity contribution < 1.29 is 4.79 Å². The van der Waals surface area contributed by atoms with Crippen molar-refractivity contribution in [1.29, 1.82) is 0 Å². The predicted octanol–water partition coefficient (Wildman–Crippen LogP) is 3.16. The summed E-state index contributed by atoms with van der Waals surface area (Å²) >= 11 is 0. The van der Waals surface area contributed by atoms with Crippen molar-refractivity contribution in [1.82, 2.24) is 0 Å². The summed E-state index contributed by atoms with van der Waals surface area (Å²) in [6.07, 6.45) is 7.03. The van der Waals surface area contributed by atoms with Gasteiger partial charge in [-0.3, -0.25) is 4.79 Å². The van der Waals surface area contributed by atoms with Gasteiger partial charge in [0.15, 0.2) is 0 Å². The molecule has 15 heavy (non-hydrogen) atoms. The summed E-state index contributed by atoms with van der Waals surface area (Å²) < 4.78 is 0. The van der Waals surface area contributed by atoms with Crippen LogP contribution in [0.1, 0.15) is 37.7 Å². The molecular formula is C14H16O. The van der Waals surface area contributed by atoms with Crippen LogP contribution in [0.5, 0.6) is 0 Å². The second-order valence-electron chi connectivity index (χ2n) is 3.54. The minimum absolute atomic E-state index is 0.0135. The Hall–Kier alpha value is -1.55. The number of Topliss-reactive ketones (excluding diaryl/α,β-unsaturated/α-hetero) is 1. The van der Waals surface area contributed by atoms with Gasteiger partial charge in [0.25, 0.3) is 0 Å². The van der Waals surface area contributed by atoms with Crippen LogP contribution in [0.25, 0.3) is 0 Å². The van der Waals surface area contributed by atoms with Crippen LogP contribution in [-0.2, 0) is 4.79 Å². The molecule has 1 nitrogen and oxygen atoms in total. The van der Waals surface area contributed by atoms with Crippen molar-refractivity contribution in [3.8, 4) is 12.3 Å². The molecule has 1 unspecified atom stereocenters. The normalized spacial score (nSPS) is 11.7. The fraction of sp³-hybridized carbons (Fsp3) is 0.357. The SMILES string of the molecule is C#CCCC(=O)C(CC)c1ccccc1. The highest BCUT2D eigenvalue weighted by Crippen LogP contribution is 2.21. The molecular weight excluding hydrogens is 184 g/mol. The Labute approximate surface area is 91.5 Å². The second kappa shape index (κ2) is 6.03. The van der Waals surface area contributed by atoms with Crippen molar-refractivity contribution in [2.45, 2.75) is 32.1 Å². The Kier molecular flexibility index (Phi) is 4.63. The third kappa shape index (κ3) is 3.25. The average Bonchev–Trinajstić information content (AvgIpc) is 2.29. The zero-order valence-corrected chi connectivity index (χ0v) is 9.07. The Morgan fingerprint density at radius 2 is 2.07 bits per heavy atom. The van der Waals surface area contributed by atoms with E-state index in [1.165, 1.54) is 0 Å². The monoisotopic (exact) mass is 200 g/mol. The largest absolute Gasteiger partial charge is 0.299 e. The molecule has 0 aromatic heterocycles. The number of ketones is 1. The lowest BCUT2D eigenvalue weighted by Gasteiger charge is -2.13. The molecule has 78 valence electrons. The predicted molar refractivity (Wildman–Crippen MR) is 62.5 cm³/mol. The fourth-order valence-electron chi connectivity index (χ4n) is 1.70. The van der Waals surface area contributed by atoms with Crippen molar-refractivity contribution in [2.75, 3.05) is 0 Å². The quantitative estimate of drug-likeness (QED) is 0.667. The maximum atomic E-state index is 11.8. The summed E-state index contributed by atoms with van der Waals surface area (Å²) in [7, 11) is 0. The summed E-state index contributed by atoms with van der Waals surface area (Å²) in [5, 5.41) is 0. The van der Waals surface area contributed by atoms with E-state index >= 15 is 0 Å². The van der Waals surface area contributed by atoms with Crippen LogP contribution in [0.4, 0.5) is 0 Å². The minimum Gasteiger partial charge on any atom is -0.299 e. The molecule has 0 aliphatic heterocycles. The van der Waals surface area contributed by atoms with E-state index in [4.69, 9.17) is 6.42 Å². The van der Waals surface area contributed by atoms with Gasteiger partial charge in [-0.25, -0.2) is 0 Å². The molecule has 0 spiro atoms. The molecule has 0 saturated carbocycles. The van der Waals surface area contributed by atoms with Crippen molar-refractivity contribution in [3.05, 3.63) is 35.9 Å². The van der Waals surface area contributed by atoms with E-state index in [9.17, 15) is 4.79 Å².